The SMILES string of the molecule is Oc1ccc(Br)cc1C(c1ccncc1)N1CCOCC1. The summed E-state index contributed by atoms with van der Waals surface area (Å²) in [6.07, 6.45) is 3.58. The molecule has 1 saturated heterocycles. The Bertz CT molecular complexity index is 600. The number of nitrogens with zero attached hydrogens (tertiary/aromatic N) is 2. The highest BCUT2D eigenvalue weighted by Gasteiger charge is 2.26. The van der Waals surface area contributed by atoms with Crippen molar-refractivity contribution in [2.24, 2.45) is 0 Å². The van der Waals surface area contributed by atoms with Crippen molar-refractivity contribution >= 4 is 15.9 Å². The van der Waals surface area contributed by atoms with Crippen LogP contribution in [0.3, 0.4) is 0 Å². The molecule has 0 amide bonds. The fourth-order valence-electron chi connectivity index (χ4n) is 2.71. The molecule has 2 heterocycles. The number of hydrogen-bond acceptors (Lipinski definition) is 4. The van der Waals surface area contributed by atoms with Crippen LogP contribution >= 0.6 is 15.9 Å². The first-order valence-electron chi connectivity index (χ1n) is 6.96. The lowest BCUT2D eigenvalue weighted by Crippen LogP contribution is -2.39. The monoisotopic (exact) mass is 348 g/mol. The highest BCUT2D eigenvalue weighted by Crippen LogP contribution is 2.36. The molecule has 0 bridgehead atoms. The smallest absolute Gasteiger partial charge is 0.120 e. The number of ether oxygens (including phenoxy) is 1. The number of rotatable bonds is 3. The lowest BCUT2D eigenvalue weighted by atomic mass is 9.96. The van der Waals surface area contributed by atoms with Crippen molar-refractivity contribution in [2.75, 3.05) is 26.3 Å². The largest absolute Gasteiger partial charge is 0.508 e. The number of halogens is 1. The molecule has 1 N–H and O–H groups in total. The third kappa shape index (κ3) is 3.26. The first-order chi connectivity index (χ1) is 10.3. The average Bonchev–Trinajstić information content (AvgIpc) is 2.53. The number of aromatic hydroxyl groups is 1. The number of aromatic nitrogens is 1. The van der Waals surface area contributed by atoms with Crippen LogP contribution in [0.25, 0.3) is 0 Å². The molecular weight excluding hydrogens is 332 g/mol. The van der Waals surface area contributed by atoms with E-state index in [-0.39, 0.29) is 6.04 Å². The second-order valence-corrected chi connectivity index (χ2v) is 5.95. The van der Waals surface area contributed by atoms with Crippen LogP contribution in [0.5, 0.6) is 5.75 Å². The van der Waals surface area contributed by atoms with Crippen LogP contribution in [0.1, 0.15) is 17.2 Å². The Balaban J connectivity index is 2.05. The molecule has 0 saturated carbocycles. The van der Waals surface area contributed by atoms with E-state index in [1.807, 2.05) is 24.3 Å². The van der Waals surface area contributed by atoms with Gasteiger partial charge in [-0.3, -0.25) is 9.88 Å². The fourth-order valence-corrected chi connectivity index (χ4v) is 3.09. The molecule has 1 atom stereocenters. The van der Waals surface area contributed by atoms with E-state index in [0.717, 1.165) is 41.9 Å². The van der Waals surface area contributed by atoms with Gasteiger partial charge in [-0.25, -0.2) is 0 Å². The van der Waals surface area contributed by atoms with Crippen molar-refractivity contribution in [2.45, 2.75) is 6.04 Å². The van der Waals surface area contributed by atoms with Crippen molar-refractivity contribution in [1.82, 2.24) is 9.88 Å². The van der Waals surface area contributed by atoms with Gasteiger partial charge in [-0.2, -0.15) is 0 Å². The molecule has 0 spiro atoms. The maximum Gasteiger partial charge on any atom is 0.120 e. The Morgan fingerprint density at radius 3 is 2.57 bits per heavy atom. The van der Waals surface area contributed by atoms with E-state index < -0.39 is 0 Å². The van der Waals surface area contributed by atoms with Crippen LogP contribution < -0.4 is 0 Å². The number of benzene rings is 1. The number of hydrogen-bond donors (Lipinski definition) is 1. The maximum atomic E-state index is 10.3. The molecule has 1 aliphatic rings. The molecule has 0 aliphatic carbocycles. The van der Waals surface area contributed by atoms with Crippen molar-refractivity contribution in [3.8, 4) is 5.75 Å². The summed E-state index contributed by atoms with van der Waals surface area (Å²) in [5.74, 6) is 0.312. The number of pyridine rings is 1. The van der Waals surface area contributed by atoms with Crippen molar-refractivity contribution in [3.05, 3.63) is 58.3 Å². The molecule has 1 fully saturated rings. The molecular formula is C16H17BrN2O2. The molecule has 5 heteroatoms. The Morgan fingerprint density at radius 1 is 1.14 bits per heavy atom. The van der Waals surface area contributed by atoms with Crippen LogP contribution in [0.2, 0.25) is 0 Å². The van der Waals surface area contributed by atoms with Gasteiger partial charge in [-0.15, -0.1) is 0 Å². The zero-order valence-corrected chi connectivity index (χ0v) is 13.2. The molecule has 1 unspecified atom stereocenters. The van der Waals surface area contributed by atoms with Gasteiger partial charge in [0.25, 0.3) is 0 Å². The Morgan fingerprint density at radius 2 is 1.86 bits per heavy atom. The number of phenolic OH excluding ortho intramolecular Hbond substituents is 1. The highest BCUT2D eigenvalue weighted by molar-refractivity contribution is 9.10. The van der Waals surface area contributed by atoms with E-state index >= 15 is 0 Å². The topological polar surface area (TPSA) is 45.6 Å². The van der Waals surface area contributed by atoms with Gasteiger partial charge in [0.05, 0.1) is 19.3 Å². The molecule has 1 aromatic carbocycles. The second kappa shape index (κ2) is 6.56. The molecule has 3 rings (SSSR count). The molecule has 0 radical (unpaired) electrons. The summed E-state index contributed by atoms with van der Waals surface area (Å²) < 4.78 is 6.41. The van der Waals surface area contributed by atoms with Gasteiger partial charge < -0.3 is 9.84 Å². The molecule has 2 aromatic rings. The van der Waals surface area contributed by atoms with Gasteiger partial charge in [0.1, 0.15) is 5.75 Å². The average molecular weight is 349 g/mol. The summed E-state index contributed by atoms with van der Waals surface area (Å²) in [5.41, 5.74) is 2.03. The van der Waals surface area contributed by atoms with E-state index in [9.17, 15) is 5.11 Å². The second-order valence-electron chi connectivity index (χ2n) is 5.03. The molecule has 21 heavy (non-hydrogen) atoms. The van der Waals surface area contributed by atoms with E-state index in [1.165, 1.54) is 0 Å². The minimum atomic E-state index is 0.00870. The summed E-state index contributed by atoms with van der Waals surface area (Å²) >= 11 is 3.49. The van der Waals surface area contributed by atoms with Crippen LogP contribution in [-0.2, 0) is 4.74 Å². The van der Waals surface area contributed by atoms with Gasteiger partial charge in [-0.05, 0) is 35.9 Å². The maximum absolute atomic E-state index is 10.3. The van der Waals surface area contributed by atoms with Crippen LogP contribution in [0, 0.1) is 0 Å². The molecule has 4 nitrogen and oxygen atoms in total. The van der Waals surface area contributed by atoms with Crippen LogP contribution in [0.15, 0.2) is 47.2 Å². The van der Waals surface area contributed by atoms with Gasteiger partial charge in [-0.1, -0.05) is 15.9 Å². The Hall–Kier alpha value is -1.43. The zero-order chi connectivity index (χ0) is 14.7. The molecule has 1 aromatic heterocycles. The Kier molecular flexibility index (Phi) is 4.53. The van der Waals surface area contributed by atoms with E-state index in [4.69, 9.17) is 4.74 Å². The Labute approximate surface area is 132 Å². The molecule has 110 valence electrons. The lowest BCUT2D eigenvalue weighted by molar-refractivity contribution is 0.0235. The van der Waals surface area contributed by atoms with E-state index in [0.29, 0.717) is 5.75 Å². The first-order valence-corrected chi connectivity index (χ1v) is 7.75. The third-order valence-electron chi connectivity index (χ3n) is 3.72. The van der Waals surface area contributed by atoms with Crippen molar-refractivity contribution in [3.63, 3.8) is 0 Å². The van der Waals surface area contributed by atoms with Gasteiger partial charge in [0.2, 0.25) is 0 Å². The van der Waals surface area contributed by atoms with Crippen molar-refractivity contribution in [1.29, 1.82) is 0 Å². The van der Waals surface area contributed by atoms with Crippen molar-refractivity contribution < 1.29 is 9.84 Å². The highest BCUT2D eigenvalue weighted by atomic mass is 79.9. The summed E-state index contributed by atoms with van der Waals surface area (Å²) in [7, 11) is 0. The predicted octanol–water partition coefficient (Wildman–Crippen LogP) is 2.97. The quantitative estimate of drug-likeness (QED) is 0.926. The van der Waals surface area contributed by atoms with Gasteiger partial charge >= 0.3 is 0 Å². The zero-order valence-electron chi connectivity index (χ0n) is 11.6. The summed E-state index contributed by atoms with van der Waals surface area (Å²) in [5, 5.41) is 10.3. The number of morpholine rings is 1. The van der Waals surface area contributed by atoms with E-state index in [2.05, 4.69) is 25.8 Å². The minimum absolute atomic E-state index is 0.00870. The van der Waals surface area contributed by atoms with Gasteiger partial charge in [0, 0.05) is 35.5 Å². The predicted molar refractivity (Wildman–Crippen MR) is 84.3 cm³/mol. The lowest BCUT2D eigenvalue weighted by Gasteiger charge is -2.35. The standard InChI is InChI=1S/C16H17BrN2O2/c17-13-1-2-15(20)14(11-13)16(12-3-5-18-6-4-12)19-7-9-21-10-8-19/h1-6,11,16,20H,7-10H2. The summed E-state index contributed by atoms with van der Waals surface area (Å²) in [6.45, 7) is 3.13. The first kappa shape index (κ1) is 14.5. The molecule has 1 aliphatic heterocycles. The van der Waals surface area contributed by atoms with Gasteiger partial charge in [0.15, 0.2) is 0 Å². The summed E-state index contributed by atoms with van der Waals surface area (Å²) in [4.78, 5) is 6.43. The fraction of sp³-hybridized carbons (Fsp3) is 0.312. The van der Waals surface area contributed by atoms with E-state index in [1.54, 1.807) is 18.5 Å². The number of phenols is 1. The summed E-state index contributed by atoms with van der Waals surface area (Å²) in [6, 6.07) is 9.57. The third-order valence-corrected chi connectivity index (χ3v) is 4.21. The minimum Gasteiger partial charge on any atom is -0.508 e. The van der Waals surface area contributed by atoms with Crippen LogP contribution in [-0.4, -0.2) is 41.3 Å². The van der Waals surface area contributed by atoms with Crippen LogP contribution in [0.4, 0.5) is 0 Å². The normalized spacial score (nSPS) is 17.6.